The van der Waals surface area contributed by atoms with E-state index in [2.05, 4.69) is 48.7 Å². The van der Waals surface area contributed by atoms with E-state index in [9.17, 15) is 0 Å². The standard InChI is InChI=1S/C11H18N2O/c1-13(2)9-11-6-4-5-10(7-11)8-12-14-3/h4-7,12H,8-9H2,1-3H3. The third-order valence-electron chi connectivity index (χ3n) is 1.91. The van der Waals surface area contributed by atoms with Crippen LogP contribution in [0.2, 0.25) is 0 Å². The Labute approximate surface area is 85.6 Å². The molecule has 1 aromatic rings. The smallest absolute Gasteiger partial charge is 0.0572 e. The van der Waals surface area contributed by atoms with Crippen molar-refractivity contribution in [2.45, 2.75) is 13.1 Å². The first-order valence-electron chi connectivity index (χ1n) is 4.71. The zero-order valence-electron chi connectivity index (χ0n) is 9.08. The summed E-state index contributed by atoms with van der Waals surface area (Å²) in [6, 6.07) is 8.49. The van der Waals surface area contributed by atoms with Crippen LogP contribution in [0.1, 0.15) is 11.1 Å². The molecule has 0 saturated heterocycles. The van der Waals surface area contributed by atoms with Gasteiger partial charge in [-0.15, -0.1) is 0 Å². The fraction of sp³-hybridized carbons (Fsp3) is 0.455. The van der Waals surface area contributed by atoms with Crippen molar-refractivity contribution in [1.82, 2.24) is 10.4 Å². The summed E-state index contributed by atoms with van der Waals surface area (Å²) >= 11 is 0. The molecule has 3 nitrogen and oxygen atoms in total. The molecule has 0 aliphatic heterocycles. The zero-order valence-corrected chi connectivity index (χ0v) is 9.08. The molecule has 0 amide bonds. The van der Waals surface area contributed by atoms with Gasteiger partial charge in [0.2, 0.25) is 0 Å². The molecule has 0 aliphatic rings. The molecule has 0 radical (unpaired) electrons. The van der Waals surface area contributed by atoms with Crippen molar-refractivity contribution in [3.8, 4) is 0 Å². The van der Waals surface area contributed by atoms with Gasteiger partial charge >= 0.3 is 0 Å². The van der Waals surface area contributed by atoms with E-state index in [4.69, 9.17) is 4.84 Å². The van der Waals surface area contributed by atoms with Crippen molar-refractivity contribution in [2.75, 3.05) is 21.2 Å². The van der Waals surface area contributed by atoms with Gasteiger partial charge in [0.15, 0.2) is 0 Å². The Morgan fingerprint density at radius 1 is 1.29 bits per heavy atom. The van der Waals surface area contributed by atoms with Gasteiger partial charge < -0.3 is 9.74 Å². The van der Waals surface area contributed by atoms with Crippen molar-refractivity contribution < 1.29 is 4.84 Å². The summed E-state index contributed by atoms with van der Waals surface area (Å²) in [5, 5.41) is 0. The van der Waals surface area contributed by atoms with E-state index in [-0.39, 0.29) is 0 Å². The second-order valence-electron chi connectivity index (χ2n) is 3.58. The summed E-state index contributed by atoms with van der Waals surface area (Å²) in [6.07, 6.45) is 0. The molecule has 1 rings (SSSR count). The summed E-state index contributed by atoms with van der Waals surface area (Å²) < 4.78 is 0. The summed E-state index contributed by atoms with van der Waals surface area (Å²) in [7, 11) is 5.77. The molecule has 0 bridgehead atoms. The van der Waals surface area contributed by atoms with Crippen molar-refractivity contribution in [3.63, 3.8) is 0 Å². The highest BCUT2D eigenvalue weighted by molar-refractivity contribution is 5.23. The lowest BCUT2D eigenvalue weighted by Gasteiger charge is -2.10. The monoisotopic (exact) mass is 194 g/mol. The Bertz CT molecular complexity index is 274. The molecule has 0 unspecified atom stereocenters. The molecule has 78 valence electrons. The first kappa shape index (κ1) is 11.2. The minimum absolute atomic E-state index is 0.748. The molecule has 3 heteroatoms. The predicted octanol–water partition coefficient (Wildman–Crippen LogP) is 1.40. The van der Waals surface area contributed by atoms with Crippen LogP contribution < -0.4 is 5.48 Å². The van der Waals surface area contributed by atoms with Crippen LogP contribution in [0, 0.1) is 0 Å². The lowest BCUT2D eigenvalue weighted by atomic mass is 10.1. The topological polar surface area (TPSA) is 24.5 Å². The molecule has 14 heavy (non-hydrogen) atoms. The van der Waals surface area contributed by atoms with E-state index in [1.54, 1.807) is 7.11 Å². The SMILES string of the molecule is CONCc1cccc(CN(C)C)c1. The Kier molecular flexibility index (Phi) is 4.59. The largest absolute Gasteiger partial charge is 0.305 e. The number of hydrogen-bond acceptors (Lipinski definition) is 3. The molecule has 0 spiro atoms. The van der Waals surface area contributed by atoms with E-state index in [0.717, 1.165) is 13.1 Å². The first-order valence-corrected chi connectivity index (χ1v) is 4.71. The van der Waals surface area contributed by atoms with Crippen molar-refractivity contribution in [1.29, 1.82) is 0 Å². The molecule has 1 N–H and O–H groups in total. The fourth-order valence-electron chi connectivity index (χ4n) is 1.36. The van der Waals surface area contributed by atoms with Gasteiger partial charge in [0.05, 0.1) is 7.11 Å². The van der Waals surface area contributed by atoms with Gasteiger partial charge in [-0.1, -0.05) is 24.3 Å². The normalized spacial score (nSPS) is 10.9. The third kappa shape index (κ3) is 3.87. The van der Waals surface area contributed by atoms with Crippen LogP contribution in [0.5, 0.6) is 0 Å². The second kappa shape index (κ2) is 5.75. The Morgan fingerprint density at radius 2 is 2.00 bits per heavy atom. The number of nitrogens with one attached hydrogen (secondary N) is 1. The van der Waals surface area contributed by atoms with Crippen molar-refractivity contribution in [3.05, 3.63) is 35.4 Å². The average molecular weight is 194 g/mol. The minimum Gasteiger partial charge on any atom is -0.305 e. The molecule has 0 aliphatic carbocycles. The Balaban J connectivity index is 2.59. The number of hydroxylamine groups is 1. The molecule has 0 atom stereocenters. The molecule has 0 aromatic heterocycles. The van der Waals surface area contributed by atoms with Crippen LogP contribution in [0.25, 0.3) is 0 Å². The maximum absolute atomic E-state index is 4.81. The van der Waals surface area contributed by atoms with Gasteiger partial charge in [0.25, 0.3) is 0 Å². The van der Waals surface area contributed by atoms with Crippen LogP contribution >= 0.6 is 0 Å². The number of nitrogens with zero attached hydrogens (tertiary/aromatic N) is 1. The van der Waals surface area contributed by atoms with Crippen LogP contribution in [0.3, 0.4) is 0 Å². The van der Waals surface area contributed by atoms with Gasteiger partial charge in [-0.3, -0.25) is 0 Å². The van der Waals surface area contributed by atoms with Crippen LogP contribution in [-0.2, 0) is 17.9 Å². The summed E-state index contributed by atoms with van der Waals surface area (Å²) in [5.41, 5.74) is 5.40. The van der Waals surface area contributed by atoms with E-state index >= 15 is 0 Å². The molecule has 1 aromatic carbocycles. The highest BCUT2D eigenvalue weighted by atomic mass is 16.6. The highest BCUT2D eigenvalue weighted by Gasteiger charge is 1.97. The van der Waals surface area contributed by atoms with Crippen molar-refractivity contribution >= 4 is 0 Å². The van der Waals surface area contributed by atoms with Gasteiger partial charge in [-0.2, -0.15) is 5.48 Å². The fourth-order valence-corrected chi connectivity index (χ4v) is 1.36. The lowest BCUT2D eigenvalue weighted by Crippen LogP contribution is -2.13. The number of hydrogen-bond donors (Lipinski definition) is 1. The minimum atomic E-state index is 0.748. The van der Waals surface area contributed by atoms with E-state index in [1.165, 1.54) is 11.1 Å². The van der Waals surface area contributed by atoms with Gasteiger partial charge in [-0.05, 0) is 25.2 Å². The van der Waals surface area contributed by atoms with Gasteiger partial charge in [0, 0.05) is 13.1 Å². The molecule has 0 heterocycles. The Hall–Kier alpha value is -0.900. The molecule has 0 saturated carbocycles. The van der Waals surface area contributed by atoms with Crippen LogP contribution in [0.15, 0.2) is 24.3 Å². The van der Waals surface area contributed by atoms with E-state index in [1.807, 2.05) is 0 Å². The average Bonchev–Trinajstić information content (AvgIpc) is 2.14. The summed E-state index contributed by atoms with van der Waals surface area (Å²) in [4.78, 5) is 6.96. The van der Waals surface area contributed by atoms with Gasteiger partial charge in [0.1, 0.15) is 0 Å². The molecular formula is C11H18N2O. The Morgan fingerprint density at radius 3 is 2.64 bits per heavy atom. The van der Waals surface area contributed by atoms with Crippen LogP contribution in [-0.4, -0.2) is 26.1 Å². The second-order valence-corrected chi connectivity index (χ2v) is 3.58. The molecular weight excluding hydrogens is 176 g/mol. The van der Waals surface area contributed by atoms with Gasteiger partial charge in [-0.25, -0.2) is 0 Å². The van der Waals surface area contributed by atoms with E-state index in [0.29, 0.717) is 0 Å². The highest BCUT2D eigenvalue weighted by Crippen LogP contribution is 2.06. The summed E-state index contributed by atoms with van der Waals surface area (Å²) in [6.45, 7) is 1.72. The lowest BCUT2D eigenvalue weighted by molar-refractivity contribution is 0.0867. The quantitative estimate of drug-likeness (QED) is 0.717. The number of rotatable bonds is 5. The summed E-state index contributed by atoms with van der Waals surface area (Å²) in [5.74, 6) is 0. The maximum atomic E-state index is 4.81. The van der Waals surface area contributed by atoms with Crippen molar-refractivity contribution in [2.24, 2.45) is 0 Å². The zero-order chi connectivity index (χ0) is 10.4. The first-order chi connectivity index (χ1) is 6.72. The van der Waals surface area contributed by atoms with E-state index < -0.39 is 0 Å². The third-order valence-corrected chi connectivity index (χ3v) is 1.91. The number of benzene rings is 1. The van der Waals surface area contributed by atoms with Crippen LogP contribution in [0.4, 0.5) is 0 Å². The molecule has 0 fully saturated rings. The predicted molar refractivity (Wildman–Crippen MR) is 57.7 cm³/mol. The maximum Gasteiger partial charge on any atom is 0.0572 e.